The van der Waals surface area contributed by atoms with E-state index in [9.17, 15) is 9.18 Å². The molecular formula is C14H14ClFN4O2. The third-order valence-corrected chi connectivity index (χ3v) is 2.95. The van der Waals surface area contributed by atoms with E-state index in [1.54, 1.807) is 7.11 Å². The summed E-state index contributed by atoms with van der Waals surface area (Å²) in [5.41, 5.74) is 0.727. The first-order chi connectivity index (χ1) is 10.6. The molecule has 2 aromatic rings. The smallest absolute Gasteiger partial charge is 0.270 e. The molecule has 0 saturated carbocycles. The van der Waals surface area contributed by atoms with Crippen LogP contribution in [0.2, 0.25) is 5.02 Å². The summed E-state index contributed by atoms with van der Waals surface area (Å²) in [6.07, 6.45) is 1.45. The third kappa shape index (κ3) is 4.37. The molecule has 8 heteroatoms. The van der Waals surface area contributed by atoms with Gasteiger partial charge in [0, 0.05) is 25.5 Å². The molecule has 1 amide bonds. The summed E-state index contributed by atoms with van der Waals surface area (Å²) in [4.78, 5) is 20.0. The number of rotatable bonds is 6. The minimum Gasteiger partial charge on any atom is -0.383 e. The number of nitrogens with one attached hydrogen (secondary N) is 2. The number of methoxy groups -OCH3 is 1. The van der Waals surface area contributed by atoms with Crippen molar-refractivity contribution in [2.75, 3.05) is 25.6 Å². The summed E-state index contributed by atoms with van der Waals surface area (Å²) in [5.74, 6) is -0.638. The number of nitrogens with zero attached hydrogens (tertiary/aromatic N) is 2. The zero-order chi connectivity index (χ0) is 15.9. The lowest BCUT2D eigenvalue weighted by atomic mass is 10.3. The van der Waals surface area contributed by atoms with Gasteiger partial charge in [-0.15, -0.1) is 0 Å². The standard InChI is InChI=1S/C14H14ClFN4O2/c1-22-7-6-17-13(21)12-4-5-18-14(20-12)19-9-2-3-11(16)10(15)8-9/h2-5,8H,6-7H2,1H3,(H,17,21)(H,18,19,20). The molecule has 0 aliphatic rings. The lowest BCUT2D eigenvalue weighted by molar-refractivity contribution is 0.0932. The molecule has 6 nitrogen and oxygen atoms in total. The summed E-state index contributed by atoms with van der Waals surface area (Å²) in [7, 11) is 1.55. The highest BCUT2D eigenvalue weighted by atomic mass is 35.5. The Morgan fingerprint density at radius 3 is 2.95 bits per heavy atom. The van der Waals surface area contributed by atoms with Crippen molar-refractivity contribution >= 4 is 29.1 Å². The van der Waals surface area contributed by atoms with Crippen LogP contribution in [0.25, 0.3) is 0 Å². The molecule has 1 aromatic heterocycles. The van der Waals surface area contributed by atoms with E-state index in [2.05, 4.69) is 20.6 Å². The molecule has 0 saturated heterocycles. The molecule has 0 aliphatic carbocycles. The van der Waals surface area contributed by atoms with Gasteiger partial charge >= 0.3 is 0 Å². The minimum atomic E-state index is -0.514. The van der Waals surface area contributed by atoms with Crippen LogP contribution in [0.15, 0.2) is 30.5 Å². The van der Waals surface area contributed by atoms with Crippen LogP contribution >= 0.6 is 11.6 Å². The predicted molar refractivity (Wildman–Crippen MR) is 80.9 cm³/mol. The molecule has 0 spiro atoms. The monoisotopic (exact) mass is 324 g/mol. The number of amides is 1. The molecule has 0 radical (unpaired) electrons. The minimum absolute atomic E-state index is 0.0153. The summed E-state index contributed by atoms with van der Waals surface area (Å²) in [6.45, 7) is 0.797. The largest absolute Gasteiger partial charge is 0.383 e. The molecule has 0 fully saturated rings. The molecule has 2 N–H and O–H groups in total. The lowest BCUT2D eigenvalue weighted by Gasteiger charge is -2.07. The van der Waals surface area contributed by atoms with Crippen molar-refractivity contribution in [2.45, 2.75) is 0 Å². The highest BCUT2D eigenvalue weighted by Gasteiger charge is 2.09. The zero-order valence-electron chi connectivity index (χ0n) is 11.8. The number of aromatic nitrogens is 2. The Bertz CT molecular complexity index is 669. The quantitative estimate of drug-likeness (QED) is 0.798. The highest BCUT2D eigenvalue weighted by molar-refractivity contribution is 6.31. The Balaban J connectivity index is 2.07. The van der Waals surface area contributed by atoms with Gasteiger partial charge in [0.2, 0.25) is 5.95 Å². The molecule has 22 heavy (non-hydrogen) atoms. The molecule has 1 aromatic carbocycles. The highest BCUT2D eigenvalue weighted by Crippen LogP contribution is 2.21. The molecule has 2 rings (SSSR count). The Labute approximate surface area is 131 Å². The van der Waals surface area contributed by atoms with Crippen LogP contribution in [-0.4, -0.2) is 36.1 Å². The molecular weight excluding hydrogens is 311 g/mol. The van der Waals surface area contributed by atoms with Crippen LogP contribution in [0.5, 0.6) is 0 Å². The van der Waals surface area contributed by atoms with Crippen molar-refractivity contribution in [3.05, 3.63) is 47.0 Å². The summed E-state index contributed by atoms with van der Waals surface area (Å²) in [6, 6.07) is 5.62. The Kier molecular flexibility index (Phi) is 5.62. The van der Waals surface area contributed by atoms with E-state index in [0.717, 1.165) is 0 Å². The van der Waals surface area contributed by atoms with E-state index in [4.69, 9.17) is 16.3 Å². The maximum Gasteiger partial charge on any atom is 0.270 e. The third-order valence-electron chi connectivity index (χ3n) is 2.66. The second-order valence-electron chi connectivity index (χ2n) is 4.27. The number of hydrogen-bond donors (Lipinski definition) is 2. The van der Waals surface area contributed by atoms with Crippen molar-refractivity contribution in [1.29, 1.82) is 0 Å². The van der Waals surface area contributed by atoms with Crippen molar-refractivity contribution < 1.29 is 13.9 Å². The molecule has 0 bridgehead atoms. The fourth-order valence-electron chi connectivity index (χ4n) is 1.61. The van der Waals surface area contributed by atoms with Crippen molar-refractivity contribution in [3.8, 4) is 0 Å². The maximum absolute atomic E-state index is 13.1. The van der Waals surface area contributed by atoms with Gasteiger partial charge in [0.1, 0.15) is 11.5 Å². The Morgan fingerprint density at radius 2 is 2.23 bits per heavy atom. The second kappa shape index (κ2) is 7.67. The van der Waals surface area contributed by atoms with Crippen molar-refractivity contribution in [2.24, 2.45) is 0 Å². The zero-order valence-corrected chi connectivity index (χ0v) is 12.5. The molecule has 116 valence electrons. The first-order valence-corrected chi connectivity index (χ1v) is 6.80. The molecule has 0 unspecified atom stereocenters. The van der Waals surface area contributed by atoms with E-state index in [1.807, 2.05) is 0 Å². The number of hydrogen-bond acceptors (Lipinski definition) is 5. The number of halogens is 2. The summed E-state index contributed by atoms with van der Waals surface area (Å²) in [5, 5.41) is 5.50. The Morgan fingerprint density at radius 1 is 1.41 bits per heavy atom. The number of ether oxygens (including phenoxy) is 1. The molecule has 0 aliphatic heterocycles. The van der Waals surface area contributed by atoms with Gasteiger partial charge in [-0.25, -0.2) is 14.4 Å². The second-order valence-corrected chi connectivity index (χ2v) is 4.68. The first kappa shape index (κ1) is 16.1. The van der Waals surface area contributed by atoms with E-state index >= 15 is 0 Å². The van der Waals surface area contributed by atoms with Gasteiger partial charge in [-0.3, -0.25) is 4.79 Å². The molecule has 1 heterocycles. The van der Waals surface area contributed by atoms with Crippen LogP contribution < -0.4 is 10.6 Å². The van der Waals surface area contributed by atoms with Crippen LogP contribution in [0.4, 0.5) is 16.0 Å². The van der Waals surface area contributed by atoms with Crippen LogP contribution in [0, 0.1) is 5.82 Å². The average Bonchev–Trinajstić information content (AvgIpc) is 2.51. The van der Waals surface area contributed by atoms with Gasteiger partial charge in [0.05, 0.1) is 11.6 Å². The van der Waals surface area contributed by atoms with E-state index in [1.165, 1.54) is 30.5 Å². The SMILES string of the molecule is COCCNC(=O)c1ccnc(Nc2ccc(F)c(Cl)c2)n1. The lowest BCUT2D eigenvalue weighted by Crippen LogP contribution is -2.27. The first-order valence-electron chi connectivity index (χ1n) is 6.42. The van der Waals surface area contributed by atoms with Gasteiger partial charge in [0.25, 0.3) is 5.91 Å². The normalized spacial score (nSPS) is 10.3. The van der Waals surface area contributed by atoms with Gasteiger partial charge in [-0.1, -0.05) is 11.6 Å². The van der Waals surface area contributed by atoms with Gasteiger partial charge in [-0.2, -0.15) is 0 Å². The molecule has 0 atom stereocenters. The van der Waals surface area contributed by atoms with Crippen LogP contribution in [0.3, 0.4) is 0 Å². The topological polar surface area (TPSA) is 76.1 Å². The van der Waals surface area contributed by atoms with E-state index < -0.39 is 5.82 Å². The number of benzene rings is 1. The Hall–Kier alpha value is -2.25. The fraction of sp³-hybridized carbons (Fsp3) is 0.214. The number of carbonyl (C=O) groups is 1. The van der Waals surface area contributed by atoms with E-state index in [-0.39, 0.29) is 22.6 Å². The van der Waals surface area contributed by atoms with Gasteiger partial charge in [-0.05, 0) is 24.3 Å². The summed E-state index contributed by atoms with van der Waals surface area (Å²) < 4.78 is 17.9. The number of anilines is 2. The fourth-order valence-corrected chi connectivity index (χ4v) is 1.79. The van der Waals surface area contributed by atoms with Gasteiger partial charge in [0.15, 0.2) is 0 Å². The van der Waals surface area contributed by atoms with Crippen molar-refractivity contribution in [3.63, 3.8) is 0 Å². The van der Waals surface area contributed by atoms with Gasteiger partial charge < -0.3 is 15.4 Å². The van der Waals surface area contributed by atoms with E-state index in [0.29, 0.717) is 18.8 Å². The average molecular weight is 325 g/mol. The predicted octanol–water partition coefficient (Wildman–Crippen LogP) is 2.39. The van der Waals surface area contributed by atoms with Crippen LogP contribution in [-0.2, 0) is 4.74 Å². The maximum atomic E-state index is 13.1. The van der Waals surface area contributed by atoms with Crippen LogP contribution in [0.1, 0.15) is 10.5 Å². The summed E-state index contributed by atoms with van der Waals surface area (Å²) >= 11 is 5.70. The van der Waals surface area contributed by atoms with Crippen molar-refractivity contribution in [1.82, 2.24) is 15.3 Å². The number of carbonyl (C=O) groups excluding carboxylic acids is 1.